The van der Waals surface area contributed by atoms with Crippen LogP contribution in [0, 0.1) is 0 Å². The van der Waals surface area contributed by atoms with E-state index in [0.29, 0.717) is 6.17 Å². The van der Waals surface area contributed by atoms with Gasteiger partial charge in [-0.15, -0.1) is 0 Å². The maximum Gasteiger partial charge on any atom is 0.101 e. The lowest BCUT2D eigenvalue weighted by Crippen LogP contribution is -2.39. The van der Waals surface area contributed by atoms with Gasteiger partial charge in [-0.2, -0.15) is 0 Å². The zero-order chi connectivity index (χ0) is 28.1. The van der Waals surface area contributed by atoms with Crippen LogP contribution in [0.2, 0.25) is 0 Å². The van der Waals surface area contributed by atoms with Crippen LogP contribution in [0.4, 0.5) is 0 Å². The molecule has 0 spiro atoms. The second kappa shape index (κ2) is 28.9. The molecule has 1 aliphatic rings. The van der Waals surface area contributed by atoms with Gasteiger partial charge in [0.2, 0.25) is 0 Å². The molecule has 0 saturated carbocycles. The van der Waals surface area contributed by atoms with Crippen LogP contribution >= 0.6 is 0 Å². The fraction of sp³-hybridized carbons (Fsp3) is 0.946. The highest BCUT2D eigenvalue weighted by Gasteiger charge is 2.24. The summed E-state index contributed by atoms with van der Waals surface area (Å²) in [6, 6.07) is 0. The van der Waals surface area contributed by atoms with Gasteiger partial charge in [-0.3, -0.25) is 0 Å². The summed E-state index contributed by atoms with van der Waals surface area (Å²) in [7, 11) is 0. The van der Waals surface area contributed by atoms with Crippen molar-refractivity contribution in [2.75, 3.05) is 13.1 Å². The van der Waals surface area contributed by atoms with Crippen molar-refractivity contribution in [3.63, 3.8) is 0 Å². The SMILES string of the molecule is CCCCCCCCCCCCC1N(CCCCCCCCCCC)C=CN1CCCCCCCCCCC. The Bertz CT molecular complexity index is 470. The van der Waals surface area contributed by atoms with Crippen molar-refractivity contribution >= 4 is 0 Å². The lowest BCUT2D eigenvalue weighted by molar-refractivity contribution is 0.135. The molecule has 0 amide bonds. The number of unbranched alkanes of at least 4 members (excludes halogenated alkanes) is 25. The van der Waals surface area contributed by atoms with Gasteiger partial charge in [0.25, 0.3) is 0 Å². The van der Waals surface area contributed by atoms with E-state index in [2.05, 4.69) is 43.0 Å². The summed E-state index contributed by atoms with van der Waals surface area (Å²) in [6.45, 7) is 9.48. The third-order valence-electron chi connectivity index (χ3n) is 9.07. The van der Waals surface area contributed by atoms with Gasteiger partial charge in [0, 0.05) is 25.5 Å². The lowest BCUT2D eigenvalue weighted by atomic mass is 10.0. The predicted octanol–water partition coefficient (Wildman–Crippen LogP) is 12.8. The third-order valence-corrected chi connectivity index (χ3v) is 9.07. The van der Waals surface area contributed by atoms with Crippen LogP contribution in [0.3, 0.4) is 0 Å². The van der Waals surface area contributed by atoms with Gasteiger partial charge in [0.1, 0.15) is 6.17 Å². The Balaban J connectivity index is 2.25. The molecule has 0 radical (unpaired) electrons. The first-order valence-corrected chi connectivity index (χ1v) is 18.5. The molecule has 2 heteroatoms. The molecular weight excluding hydrogens is 472 g/mol. The maximum absolute atomic E-state index is 2.71. The van der Waals surface area contributed by atoms with E-state index >= 15 is 0 Å². The van der Waals surface area contributed by atoms with Crippen LogP contribution in [0.1, 0.15) is 207 Å². The molecule has 0 atom stereocenters. The number of hydrogen-bond donors (Lipinski definition) is 0. The van der Waals surface area contributed by atoms with Crippen LogP contribution in [0.25, 0.3) is 0 Å². The van der Waals surface area contributed by atoms with E-state index in [-0.39, 0.29) is 0 Å². The molecule has 0 saturated heterocycles. The fourth-order valence-electron chi connectivity index (χ4n) is 6.36. The predicted molar refractivity (Wildman–Crippen MR) is 177 cm³/mol. The largest absolute Gasteiger partial charge is 0.356 e. The Kier molecular flexibility index (Phi) is 26.9. The molecule has 39 heavy (non-hydrogen) atoms. The van der Waals surface area contributed by atoms with E-state index < -0.39 is 0 Å². The first-order valence-electron chi connectivity index (χ1n) is 18.5. The number of nitrogens with zero attached hydrogens (tertiary/aromatic N) is 2. The summed E-state index contributed by atoms with van der Waals surface area (Å²) in [5.74, 6) is 0. The highest BCUT2D eigenvalue weighted by atomic mass is 15.4. The van der Waals surface area contributed by atoms with Crippen molar-refractivity contribution in [3.05, 3.63) is 12.4 Å². The third kappa shape index (κ3) is 21.7. The first-order chi connectivity index (χ1) is 19.3. The van der Waals surface area contributed by atoms with Crippen molar-refractivity contribution in [1.82, 2.24) is 9.80 Å². The van der Waals surface area contributed by atoms with Crippen molar-refractivity contribution in [3.8, 4) is 0 Å². The Morgan fingerprint density at radius 1 is 0.333 bits per heavy atom. The topological polar surface area (TPSA) is 6.48 Å². The Labute approximate surface area is 248 Å². The summed E-state index contributed by atoms with van der Waals surface area (Å²) in [5, 5.41) is 0. The molecule has 1 aliphatic heterocycles. The van der Waals surface area contributed by atoms with Gasteiger partial charge in [0.15, 0.2) is 0 Å². The zero-order valence-electron chi connectivity index (χ0n) is 27.5. The van der Waals surface area contributed by atoms with Crippen LogP contribution in [-0.2, 0) is 0 Å². The van der Waals surface area contributed by atoms with Crippen LogP contribution in [-0.4, -0.2) is 29.1 Å². The van der Waals surface area contributed by atoms with Crippen molar-refractivity contribution in [1.29, 1.82) is 0 Å². The second-order valence-corrected chi connectivity index (χ2v) is 12.9. The van der Waals surface area contributed by atoms with Gasteiger partial charge in [0.05, 0.1) is 0 Å². The van der Waals surface area contributed by atoms with Gasteiger partial charge in [-0.1, -0.05) is 181 Å². The van der Waals surface area contributed by atoms with Crippen molar-refractivity contribution in [2.24, 2.45) is 0 Å². The molecule has 2 nitrogen and oxygen atoms in total. The minimum absolute atomic E-state index is 0.641. The molecule has 0 fully saturated rings. The molecule has 0 aliphatic carbocycles. The normalized spacial score (nSPS) is 13.8. The number of rotatable bonds is 31. The molecule has 0 aromatic rings. The Hall–Kier alpha value is -0.660. The van der Waals surface area contributed by atoms with Crippen molar-refractivity contribution in [2.45, 2.75) is 213 Å². The van der Waals surface area contributed by atoms with Gasteiger partial charge in [-0.05, 0) is 25.7 Å². The zero-order valence-corrected chi connectivity index (χ0v) is 27.5. The van der Waals surface area contributed by atoms with Crippen LogP contribution in [0.5, 0.6) is 0 Å². The molecular formula is C37H74N2. The van der Waals surface area contributed by atoms with E-state index in [0.717, 1.165) is 0 Å². The van der Waals surface area contributed by atoms with E-state index in [4.69, 9.17) is 0 Å². The van der Waals surface area contributed by atoms with E-state index in [1.807, 2.05) is 0 Å². The quantitative estimate of drug-likeness (QED) is 0.0798. The summed E-state index contributed by atoms with van der Waals surface area (Å²) in [4.78, 5) is 5.42. The summed E-state index contributed by atoms with van der Waals surface area (Å²) in [5.41, 5.74) is 0. The molecule has 0 bridgehead atoms. The highest BCUT2D eigenvalue weighted by molar-refractivity contribution is 4.97. The average molecular weight is 547 g/mol. The molecule has 232 valence electrons. The lowest BCUT2D eigenvalue weighted by Gasteiger charge is -2.33. The van der Waals surface area contributed by atoms with Crippen LogP contribution in [0.15, 0.2) is 12.4 Å². The maximum atomic E-state index is 2.71. The minimum Gasteiger partial charge on any atom is -0.356 e. The Morgan fingerprint density at radius 2 is 0.590 bits per heavy atom. The summed E-state index contributed by atoms with van der Waals surface area (Å²) in [6.07, 6.45) is 46.9. The Morgan fingerprint density at radius 3 is 0.897 bits per heavy atom. The van der Waals surface area contributed by atoms with Gasteiger partial charge < -0.3 is 9.80 Å². The molecule has 1 rings (SSSR count). The molecule has 0 unspecified atom stereocenters. The standard InChI is InChI=1S/C37H74N2/c1-4-7-10-13-16-19-20-23-26-29-32-37-38(33-30-27-24-21-17-14-11-8-5-2)35-36-39(37)34-31-28-25-22-18-15-12-9-6-3/h35-37H,4-34H2,1-3H3. The monoisotopic (exact) mass is 547 g/mol. The smallest absolute Gasteiger partial charge is 0.101 e. The van der Waals surface area contributed by atoms with Gasteiger partial charge in [-0.25, -0.2) is 0 Å². The molecule has 0 N–H and O–H groups in total. The molecule has 0 aromatic carbocycles. The first kappa shape index (κ1) is 36.4. The minimum atomic E-state index is 0.641. The average Bonchev–Trinajstić information content (AvgIpc) is 3.33. The van der Waals surface area contributed by atoms with E-state index in [1.54, 1.807) is 0 Å². The highest BCUT2D eigenvalue weighted by Crippen LogP contribution is 2.24. The van der Waals surface area contributed by atoms with E-state index in [1.165, 1.54) is 199 Å². The number of hydrogen-bond acceptors (Lipinski definition) is 2. The molecule has 0 aromatic heterocycles. The molecule has 1 heterocycles. The van der Waals surface area contributed by atoms with Gasteiger partial charge >= 0.3 is 0 Å². The van der Waals surface area contributed by atoms with E-state index in [9.17, 15) is 0 Å². The van der Waals surface area contributed by atoms with Crippen molar-refractivity contribution < 1.29 is 0 Å². The second-order valence-electron chi connectivity index (χ2n) is 12.9. The van der Waals surface area contributed by atoms with Crippen LogP contribution < -0.4 is 0 Å². The summed E-state index contributed by atoms with van der Waals surface area (Å²) >= 11 is 0. The summed E-state index contributed by atoms with van der Waals surface area (Å²) < 4.78 is 0. The fourth-order valence-corrected chi connectivity index (χ4v) is 6.36.